The summed E-state index contributed by atoms with van der Waals surface area (Å²) in [5.41, 5.74) is 2.39. The summed E-state index contributed by atoms with van der Waals surface area (Å²) in [4.78, 5) is 0. The van der Waals surface area contributed by atoms with Crippen LogP contribution >= 0.6 is 0 Å². The largest absolute Gasteiger partial charge is 0.207 e. The predicted octanol–water partition coefficient (Wildman–Crippen LogP) is 4.43. The molecule has 0 amide bonds. The quantitative estimate of drug-likeness (QED) is 0.718. The first-order valence-electron chi connectivity index (χ1n) is 5.60. The van der Waals surface area contributed by atoms with Crippen LogP contribution in [-0.4, -0.2) is 0 Å². The van der Waals surface area contributed by atoms with E-state index < -0.39 is 0 Å². The third kappa shape index (κ3) is 2.36. The van der Waals surface area contributed by atoms with E-state index in [2.05, 4.69) is 0 Å². The summed E-state index contributed by atoms with van der Waals surface area (Å²) in [7, 11) is 0. The summed E-state index contributed by atoms with van der Waals surface area (Å²) in [5.74, 6) is -0.490. The van der Waals surface area contributed by atoms with Crippen LogP contribution in [0.2, 0.25) is 0 Å². The SMILES string of the molecule is Cc1c(F)cccc1C(C)c1cccc(F)c1. The topological polar surface area (TPSA) is 0 Å². The van der Waals surface area contributed by atoms with Gasteiger partial charge in [0.2, 0.25) is 0 Å². The summed E-state index contributed by atoms with van der Waals surface area (Å²) in [6, 6.07) is 11.5. The molecule has 0 radical (unpaired) electrons. The van der Waals surface area contributed by atoms with Crippen LogP contribution in [-0.2, 0) is 0 Å². The molecule has 0 heterocycles. The van der Waals surface area contributed by atoms with Gasteiger partial charge in [0.25, 0.3) is 0 Å². The molecule has 0 fully saturated rings. The Morgan fingerprint density at radius 3 is 2.41 bits per heavy atom. The molecular formula is C15H14F2. The van der Waals surface area contributed by atoms with E-state index >= 15 is 0 Å². The molecule has 0 N–H and O–H groups in total. The number of halogens is 2. The van der Waals surface area contributed by atoms with Crippen molar-refractivity contribution in [3.8, 4) is 0 Å². The van der Waals surface area contributed by atoms with E-state index in [0.717, 1.165) is 11.1 Å². The van der Waals surface area contributed by atoms with E-state index in [1.807, 2.05) is 19.1 Å². The van der Waals surface area contributed by atoms with Crippen LogP contribution < -0.4 is 0 Å². The van der Waals surface area contributed by atoms with E-state index in [1.165, 1.54) is 18.2 Å². The first kappa shape index (κ1) is 11.8. The van der Waals surface area contributed by atoms with Crippen molar-refractivity contribution < 1.29 is 8.78 Å². The molecule has 0 spiro atoms. The lowest BCUT2D eigenvalue weighted by atomic mass is 9.90. The van der Waals surface area contributed by atoms with Crippen molar-refractivity contribution >= 4 is 0 Å². The summed E-state index contributed by atoms with van der Waals surface area (Å²) in [6.45, 7) is 3.71. The van der Waals surface area contributed by atoms with Gasteiger partial charge in [-0.25, -0.2) is 8.78 Å². The molecule has 0 aliphatic heterocycles. The Morgan fingerprint density at radius 2 is 1.71 bits per heavy atom. The maximum Gasteiger partial charge on any atom is 0.126 e. The first-order chi connectivity index (χ1) is 8.09. The van der Waals surface area contributed by atoms with Crippen molar-refractivity contribution in [2.75, 3.05) is 0 Å². The molecule has 0 aromatic heterocycles. The molecule has 0 aliphatic carbocycles. The zero-order valence-corrected chi connectivity index (χ0v) is 9.87. The second-order valence-electron chi connectivity index (χ2n) is 4.23. The lowest BCUT2D eigenvalue weighted by Gasteiger charge is -2.15. The molecule has 0 saturated heterocycles. The average molecular weight is 232 g/mol. The highest BCUT2D eigenvalue weighted by Crippen LogP contribution is 2.28. The van der Waals surface area contributed by atoms with Gasteiger partial charge in [0.15, 0.2) is 0 Å². The molecule has 17 heavy (non-hydrogen) atoms. The molecular weight excluding hydrogens is 218 g/mol. The lowest BCUT2D eigenvalue weighted by Crippen LogP contribution is -2.00. The molecule has 1 unspecified atom stereocenters. The Bertz CT molecular complexity index is 532. The second kappa shape index (κ2) is 4.66. The molecule has 0 aliphatic rings. The number of hydrogen-bond acceptors (Lipinski definition) is 0. The highest BCUT2D eigenvalue weighted by atomic mass is 19.1. The van der Waals surface area contributed by atoms with Gasteiger partial charge in [-0.3, -0.25) is 0 Å². The standard InChI is InChI=1S/C15H14F2/c1-10(12-5-3-6-13(16)9-12)14-7-4-8-15(17)11(14)2/h3-10H,1-2H3. The van der Waals surface area contributed by atoms with Gasteiger partial charge in [0.1, 0.15) is 11.6 Å². The zero-order chi connectivity index (χ0) is 12.4. The minimum absolute atomic E-state index is 0.0126. The molecule has 2 heteroatoms. The third-order valence-corrected chi connectivity index (χ3v) is 3.12. The van der Waals surface area contributed by atoms with Crippen LogP contribution in [0.1, 0.15) is 29.5 Å². The summed E-state index contributed by atoms with van der Waals surface area (Å²) >= 11 is 0. The van der Waals surface area contributed by atoms with Crippen LogP contribution in [0.25, 0.3) is 0 Å². The maximum atomic E-state index is 13.5. The van der Waals surface area contributed by atoms with Gasteiger partial charge in [0.05, 0.1) is 0 Å². The Hall–Kier alpha value is -1.70. The van der Waals surface area contributed by atoms with Crippen LogP contribution in [0, 0.1) is 18.6 Å². The van der Waals surface area contributed by atoms with Gasteiger partial charge in [-0.2, -0.15) is 0 Å². The normalized spacial score (nSPS) is 12.5. The first-order valence-corrected chi connectivity index (χ1v) is 5.60. The van der Waals surface area contributed by atoms with Crippen molar-refractivity contribution in [1.29, 1.82) is 0 Å². The summed E-state index contributed by atoms with van der Waals surface area (Å²) in [6.07, 6.45) is 0. The molecule has 2 rings (SSSR count). The molecule has 0 nitrogen and oxygen atoms in total. The van der Waals surface area contributed by atoms with Crippen molar-refractivity contribution in [1.82, 2.24) is 0 Å². The van der Waals surface area contributed by atoms with E-state index in [9.17, 15) is 8.78 Å². The van der Waals surface area contributed by atoms with E-state index in [1.54, 1.807) is 19.1 Å². The molecule has 88 valence electrons. The Labute approximate surface area is 99.9 Å². The Balaban J connectivity index is 2.44. The monoisotopic (exact) mass is 232 g/mol. The van der Waals surface area contributed by atoms with E-state index in [0.29, 0.717) is 5.56 Å². The number of benzene rings is 2. The minimum atomic E-state index is -0.261. The van der Waals surface area contributed by atoms with Gasteiger partial charge in [-0.05, 0) is 41.8 Å². The molecule has 0 saturated carbocycles. The molecule has 1 atom stereocenters. The fraction of sp³-hybridized carbons (Fsp3) is 0.200. The van der Waals surface area contributed by atoms with Gasteiger partial charge in [-0.1, -0.05) is 31.2 Å². The fourth-order valence-corrected chi connectivity index (χ4v) is 2.05. The van der Waals surface area contributed by atoms with Crippen LogP contribution in [0.3, 0.4) is 0 Å². The van der Waals surface area contributed by atoms with Gasteiger partial charge in [0, 0.05) is 5.92 Å². The Morgan fingerprint density at radius 1 is 1.00 bits per heavy atom. The van der Waals surface area contributed by atoms with Crippen LogP contribution in [0.5, 0.6) is 0 Å². The molecule has 0 bridgehead atoms. The van der Waals surface area contributed by atoms with Crippen molar-refractivity contribution in [2.45, 2.75) is 19.8 Å². The fourth-order valence-electron chi connectivity index (χ4n) is 2.05. The Kier molecular flexibility index (Phi) is 3.23. The highest BCUT2D eigenvalue weighted by molar-refractivity contribution is 5.37. The molecule has 2 aromatic carbocycles. The van der Waals surface area contributed by atoms with E-state index in [-0.39, 0.29) is 17.6 Å². The third-order valence-electron chi connectivity index (χ3n) is 3.12. The highest BCUT2D eigenvalue weighted by Gasteiger charge is 2.13. The van der Waals surface area contributed by atoms with Crippen LogP contribution in [0.15, 0.2) is 42.5 Å². The van der Waals surface area contributed by atoms with Crippen molar-refractivity contribution in [3.05, 3.63) is 70.8 Å². The summed E-state index contributed by atoms with van der Waals surface area (Å²) in [5, 5.41) is 0. The predicted molar refractivity (Wildman–Crippen MR) is 65.1 cm³/mol. The van der Waals surface area contributed by atoms with Gasteiger partial charge >= 0.3 is 0 Å². The van der Waals surface area contributed by atoms with Crippen molar-refractivity contribution in [2.24, 2.45) is 0 Å². The van der Waals surface area contributed by atoms with Crippen LogP contribution in [0.4, 0.5) is 8.78 Å². The smallest absolute Gasteiger partial charge is 0.126 e. The number of hydrogen-bond donors (Lipinski definition) is 0. The van der Waals surface area contributed by atoms with Crippen molar-refractivity contribution in [3.63, 3.8) is 0 Å². The maximum absolute atomic E-state index is 13.5. The molecule has 2 aromatic rings. The minimum Gasteiger partial charge on any atom is -0.207 e. The number of rotatable bonds is 2. The second-order valence-corrected chi connectivity index (χ2v) is 4.23. The summed E-state index contributed by atoms with van der Waals surface area (Å²) < 4.78 is 26.6. The van der Waals surface area contributed by atoms with Gasteiger partial charge < -0.3 is 0 Å². The average Bonchev–Trinajstić information content (AvgIpc) is 2.32. The van der Waals surface area contributed by atoms with E-state index in [4.69, 9.17) is 0 Å². The zero-order valence-electron chi connectivity index (χ0n) is 9.87. The van der Waals surface area contributed by atoms with Gasteiger partial charge in [-0.15, -0.1) is 0 Å². The lowest BCUT2D eigenvalue weighted by molar-refractivity contribution is 0.612.